The van der Waals surface area contributed by atoms with E-state index in [4.69, 9.17) is 0 Å². The van der Waals surface area contributed by atoms with Gasteiger partial charge in [-0.2, -0.15) is 5.10 Å². The molecule has 0 radical (unpaired) electrons. The zero-order valence-electron chi connectivity index (χ0n) is 14.2. The van der Waals surface area contributed by atoms with Gasteiger partial charge in [0.1, 0.15) is 5.78 Å². The first-order valence-electron chi connectivity index (χ1n) is 8.20. The van der Waals surface area contributed by atoms with Gasteiger partial charge in [-0.25, -0.2) is 0 Å². The van der Waals surface area contributed by atoms with Crippen LogP contribution in [0.5, 0.6) is 0 Å². The molecule has 3 rings (SSSR count). The third-order valence-corrected chi connectivity index (χ3v) is 5.10. The Morgan fingerprint density at radius 2 is 2.04 bits per heavy atom. The second-order valence-corrected chi connectivity index (χ2v) is 6.90. The van der Waals surface area contributed by atoms with Gasteiger partial charge in [-0.3, -0.25) is 9.89 Å². The van der Waals surface area contributed by atoms with Crippen LogP contribution in [0.2, 0.25) is 0 Å². The van der Waals surface area contributed by atoms with Crippen molar-refractivity contribution in [1.29, 1.82) is 0 Å². The lowest BCUT2D eigenvalue weighted by molar-refractivity contribution is -0.130. The van der Waals surface area contributed by atoms with Crippen LogP contribution in [-0.2, 0) is 17.6 Å². The van der Waals surface area contributed by atoms with E-state index < -0.39 is 11.5 Å². The van der Waals surface area contributed by atoms with Crippen molar-refractivity contribution < 1.29 is 9.90 Å². The summed E-state index contributed by atoms with van der Waals surface area (Å²) in [5, 5.41) is 18.3. The Morgan fingerprint density at radius 3 is 2.61 bits per heavy atom. The first kappa shape index (κ1) is 15.9. The van der Waals surface area contributed by atoms with E-state index in [-0.39, 0.29) is 11.7 Å². The first-order chi connectivity index (χ1) is 10.8. The van der Waals surface area contributed by atoms with Crippen molar-refractivity contribution in [2.75, 3.05) is 0 Å². The third-order valence-electron chi connectivity index (χ3n) is 5.10. The Labute approximate surface area is 136 Å². The van der Waals surface area contributed by atoms with Crippen LogP contribution in [-0.4, -0.2) is 26.7 Å². The summed E-state index contributed by atoms with van der Waals surface area (Å²) in [6, 6.07) is 8.37. The summed E-state index contributed by atoms with van der Waals surface area (Å²) in [6.07, 6.45) is 1.38. The number of carbonyl (C=O) groups is 1. The number of nitrogens with zero attached hydrogens (tertiary/aromatic N) is 1. The van der Waals surface area contributed by atoms with Crippen LogP contribution < -0.4 is 0 Å². The molecular formula is C19H24N2O2. The first-order valence-corrected chi connectivity index (χ1v) is 8.20. The fourth-order valence-electron chi connectivity index (χ4n) is 4.00. The maximum atomic E-state index is 12.4. The molecule has 2 N–H and O–H groups in total. The summed E-state index contributed by atoms with van der Waals surface area (Å²) in [6.45, 7) is 7.43. The van der Waals surface area contributed by atoms with Gasteiger partial charge in [-0.15, -0.1) is 0 Å². The lowest BCUT2D eigenvalue weighted by atomic mass is 9.64. The Hall–Kier alpha value is -1.94. The van der Waals surface area contributed by atoms with Gasteiger partial charge in [0.2, 0.25) is 0 Å². The van der Waals surface area contributed by atoms with Crippen LogP contribution >= 0.6 is 0 Å². The van der Waals surface area contributed by atoms with Crippen LogP contribution in [0.15, 0.2) is 24.3 Å². The van der Waals surface area contributed by atoms with Crippen LogP contribution in [0.4, 0.5) is 0 Å². The number of benzene rings is 1. The fraction of sp³-hybridized carbons (Fsp3) is 0.474. The molecule has 0 bridgehead atoms. The lowest BCUT2D eigenvalue weighted by Crippen LogP contribution is -2.48. The molecule has 0 saturated carbocycles. The van der Waals surface area contributed by atoms with Gasteiger partial charge in [0.25, 0.3) is 0 Å². The number of aromatic nitrogens is 2. The summed E-state index contributed by atoms with van der Waals surface area (Å²) >= 11 is 0. The highest BCUT2D eigenvalue weighted by atomic mass is 16.3. The number of ketones is 1. The average Bonchev–Trinajstić information content (AvgIpc) is 2.85. The minimum absolute atomic E-state index is 0.0193. The summed E-state index contributed by atoms with van der Waals surface area (Å²) in [7, 11) is 0. The number of aryl methyl sites for hydroxylation is 2. The molecule has 0 saturated heterocycles. The van der Waals surface area contributed by atoms with Crippen molar-refractivity contribution in [2.24, 2.45) is 5.92 Å². The van der Waals surface area contributed by atoms with Crippen molar-refractivity contribution in [3.8, 4) is 0 Å². The number of fused-ring (bicyclic) bond motifs is 1. The highest BCUT2D eigenvalue weighted by Gasteiger charge is 2.48. The van der Waals surface area contributed by atoms with Gasteiger partial charge >= 0.3 is 0 Å². The molecule has 4 nitrogen and oxygen atoms in total. The Kier molecular flexibility index (Phi) is 3.88. The van der Waals surface area contributed by atoms with Crippen molar-refractivity contribution in [2.45, 2.75) is 52.1 Å². The minimum Gasteiger partial charge on any atom is -0.389 e. The summed E-state index contributed by atoms with van der Waals surface area (Å²) in [5.41, 5.74) is 4.16. The van der Waals surface area contributed by atoms with Crippen LogP contribution in [0, 0.1) is 12.8 Å². The van der Waals surface area contributed by atoms with Crippen LogP contribution in [0.1, 0.15) is 54.8 Å². The maximum absolute atomic E-state index is 12.4. The second-order valence-electron chi connectivity index (χ2n) is 6.90. The van der Waals surface area contributed by atoms with Crippen molar-refractivity contribution in [1.82, 2.24) is 10.2 Å². The van der Waals surface area contributed by atoms with Crippen LogP contribution in [0.25, 0.3) is 0 Å². The predicted octanol–water partition coefficient (Wildman–Crippen LogP) is 2.92. The van der Waals surface area contributed by atoms with Crippen molar-refractivity contribution in [3.05, 3.63) is 52.3 Å². The summed E-state index contributed by atoms with van der Waals surface area (Å²) in [5.74, 6) is -0.597. The van der Waals surface area contributed by atoms with Gasteiger partial charge in [-0.1, -0.05) is 31.2 Å². The number of aliphatic hydroxyl groups is 1. The molecule has 0 aliphatic heterocycles. The molecule has 1 aromatic carbocycles. The number of aromatic amines is 1. The maximum Gasteiger partial charge on any atom is 0.136 e. The number of carbonyl (C=O) groups excluding carboxylic acids is 1. The molecule has 0 spiro atoms. The molecular weight excluding hydrogens is 288 g/mol. The summed E-state index contributed by atoms with van der Waals surface area (Å²) in [4.78, 5) is 12.4. The van der Waals surface area contributed by atoms with E-state index in [1.165, 1.54) is 5.56 Å². The lowest BCUT2D eigenvalue weighted by Gasteiger charge is -2.41. The molecule has 0 fully saturated rings. The van der Waals surface area contributed by atoms with Crippen molar-refractivity contribution >= 4 is 5.78 Å². The molecule has 3 atom stereocenters. The number of nitrogens with one attached hydrogen (secondary N) is 1. The smallest absolute Gasteiger partial charge is 0.136 e. The highest BCUT2D eigenvalue weighted by Crippen LogP contribution is 2.46. The van der Waals surface area contributed by atoms with E-state index in [1.807, 2.05) is 6.92 Å². The summed E-state index contributed by atoms with van der Waals surface area (Å²) < 4.78 is 0. The van der Waals surface area contributed by atoms with E-state index in [0.29, 0.717) is 6.42 Å². The number of H-pyrrole nitrogens is 1. The molecule has 1 heterocycles. The molecule has 2 aromatic rings. The molecule has 23 heavy (non-hydrogen) atoms. The molecule has 1 aromatic heterocycles. The highest BCUT2D eigenvalue weighted by molar-refractivity contribution is 5.82. The van der Waals surface area contributed by atoms with Gasteiger partial charge in [-0.05, 0) is 38.3 Å². The van der Waals surface area contributed by atoms with E-state index in [1.54, 1.807) is 13.8 Å². The molecule has 3 unspecified atom stereocenters. The van der Waals surface area contributed by atoms with Gasteiger partial charge in [0.15, 0.2) is 0 Å². The Bertz CT molecular complexity index is 728. The number of hydrogen-bond acceptors (Lipinski definition) is 3. The predicted molar refractivity (Wildman–Crippen MR) is 89.5 cm³/mol. The average molecular weight is 312 g/mol. The SMILES string of the molecule is CCc1ccc(C2c3c(n[nH]c3C)CC(C)(O)C2C(C)=O)cc1. The zero-order chi connectivity index (χ0) is 16.8. The van der Waals surface area contributed by atoms with E-state index in [2.05, 4.69) is 41.4 Å². The molecule has 0 amide bonds. The Balaban J connectivity index is 2.19. The number of hydrogen-bond donors (Lipinski definition) is 2. The standard InChI is InChI=1S/C19H24N2O2/c1-5-13-6-8-14(9-7-13)17-16-11(2)20-21-15(16)10-19(4,23)18(17)12(3)22/h6-9,17-18,23H,5,10H2,1-4H3,(H,20,21). The van der Waals surface area contributed by atoms with E-state index >= 15 is 0 Å². The number of Topliss-reactive ketones (excluding diaryl/α,β-unsaturated/α-hetero) is 1. The topological polar surface area (TPSA) is 66.0 Å². The third kappa shape index (κ3) is 2.61. The second kappa shape index (κ2) is 5.60. The fourth-order valence-corrected chi connectivity index (χ4v) is 4.00. The largest absolute Gasteiger partial charge is 0.389 e. The van der Waals surface area contributed by atoms with E-state index in [0.717, 1.165) is 28.9 Å². The molecule has 4 heteroatoms. The van der Waals surface area contributed by atoms with Crippen molar-refractivity contribution in [3.63, 3.8) is 0 Å². The quantitative estimate of drug-likeness (QED) is 0.916. The Morgan fingerprint density at radius 1 is 1.39 bits per heavy atom. The molecule has 1 aliphatic carbocycles. The van der Waals surface area contributed by atoms with Gasteiger partial charge in [0.05, 0.1) is 17.2 Å². The van der Waals surface area contributed by atoms with E-state index in [9.17, 15) is 9.90 Å². The zero-order valence-corrected chi connectivity index (χ0v) is 14.2. The molecule has 122 valence electrons. The molecule has 1 aliphatic rings. The monoisotopic (exact) mass is 312 g/mol. The van der Waals surface area contributed by atoms with Crippen LogP contribution in [0.3, 0.4) is 0 Å². The van der Waals surface area contributed by atoms with Gasteiger partial charge in [0, 0.05) is 23.6 Å². The number of rotatable bonds is 3. The normalized spacial score (nSPS) is 26.8. The minimum atomic E-state index is -1.09. The van der Waals surface area contributed by atoms with Gasteiger partial charge < -0.3 is 5.11 Å².